The van der Waals surface area contributed by atoms with Crippen LogP contribution in [0.3, 0.4) is 0 Å². The van der Waals surface area contributed by atoms with Crippen LogP contribution in [0.5, 0.6) is 0 Å². The van der Waals surface area contributed by atoms with Gasteiger partial charge in [0.2, 0.25) is 10.0 Å². The molecule has 0 aliphatic heterocycles. The lowest BCUT2D eigenvalue weighted by Crippen LogP contribution is -2.27. The first-order valence-electron chi connectivity index (χ1n) is 7.71. The highest BCUT2D eigenvalue weighted by atomic mass is 32.2. The van der Waals surface area contributed by atoms with Crippen LogP contribution in [0.2, 0.25) is 0 Å². The smallest absolute Gasteiger partial charge is 0.285 e. The molecule has 0 radical (unpaired) electrons. The molecule has 0 saturated heterocycles. The van der Waals surface area contributed by atoms with Crippen molar-refractivity contribution >= 4 is 27.3 Å². The average molecular weight is 377 g/mol. The summed E-state index contributed by atoms with van der Waals surface area (Å²) in [6.07, 6.45) is 1.04. The maximum Gasteiger partial charge on any atom is 0.285 e. The number of nitro benzene ring substituents is 1. The molecule has 1 atom stereocenters. The van der Waals surface area contributed by atoms with Crippen LogP contribution < -0.4 is 10.0 Å². The maximum absolute atomic E-state index is 12.5. The number of carbonyl (C=O) groups excluding carboxylic acids is 1. The molecular formula is C17H19N3O5S. The second-order valence-corrected chi connectivity index (χ2v) is 7.67. The van der Waals surface area contributed by atoms with Gasteiger partial charge in [0.1, 0.15) is 5.56 Å². The summed E-state index contributed by atoms with van der Waals surface area (Å²) in [5.41, 5.74) is 1.17. The average Bonchev–Trinajstić information content (AvgIpc) is 2.52. The van der Waals surface area contributed by atoms with Crippen LogP contribution in [0.15, 0.2) is 42.5 Å². The first kappa shape index (κ1) is 19.4. The van der Waals surface area contributed by atoms with Crippen molar-refractivity contribution in [2.75, 3.05) is 11.0 Å². The highest BCUT2D eigenvalue weighted by Gasteiger charge is 2.23. The molecule has 0 aromatic heterocycles. The highest BCUT2D eigenvalue weighted by Crippen LogP contribution is 2.24. The zero-order chi connectivity index (χ0) is 19.5. The molecule has 2 N–H and O–H groups in total. The predicted molar refractivity (Wildman–Crippen MR) is 98.6 cm³/mol. The largest absolute Gasteiger partial charge is 0.345 e. The number of amides is 1. The van der Waals surface area contributed by atoms with Gasteiger partial charge in [-0.15, -0.1) is 0 Å². The van der Waals surface area contributed by atoms with Gasteiger partial charge in [0.25, 0.3) is 11.6 Å². The number of carbonyl (C=O) groups is 1. The molecular weight excluding hydrogens is 358 g/mol. The molecule has 0 unspecified atom stereocenters. The van der Waals surface area contributed by atoms with Gasteiger partial charge in [0.05, 0.1) is 17.2 Å². The van der Waals surface area contributed by atoms with Crippen LogP contribution in [0.1, 0.15) is 34.5 Å². The van der Waals surface area contributed by atoms with Crippen LogP contribution in [-0.4, -0.2) is 25.5 Å². The summed E-state index contributed by atoms with van der Waals surface area (Å²) in [6, 6.07) is 10.6. The van der Waals surface area contributed by atoms with E-state index in [0.717, 1.165) is 6.26 Å². The number of nitrogens with zero attached hydrogens (tertiary/aromatic N) is 1. The number of anilines is 1. The molecule has 0 aliphatic carbocycles. The zero-order valence-electron chi connectivity index (χ0n) is 14.5. The normalized spacial score (nSPS) is 12.3. The summed E-state index contributed by atoms with van der Waals surface area (Å²) in [5, 5.41) is 13.9. The van der Waals surface area contributed by atoms with Crippen LogP contribution in [-0.2, 0) is 10.0 Å². The summed E-state index contributed by atoms with van der Waals surface area (Å²) < 4.78 is 25.0. The van der Waals surface area contributed by atoms with Gasteiger partial charge in [-0.25, -0.2) is 8.42 Å². The minimum absolute atomic E-state index is 0.0211. The number of hydrogen-bond acceptors (Lipinski definition) is 5. The Hall–Kier alpha value is -2.94. The van der Waals surface area contributed by atoms with Gasteiger partial charge >= 0.3 is 0 Å². The molecule has 0 aliphatic rings. The molecule has 9 heteroatoms. The summed E-state index contributed by atoms with van der Waals surface area (Å²) in [4.78, 5) is 23.2. The van der Waals surface area contributed by atoms with E-state index < -0.39 is 26.9 Å². The number of nitrogens with one attached hydrogen (secondary N) is 2. The summed E-state index contributed by atoms with van der Waals surface area (Å²) in [5.74, 6) is -0.575. The minimum atomic E-state index is -3.42. The molecule has 26 heavy (non-hydrogen) atoms. The first-order valence-corrected chi connectivity index (χ1v) is 9.60. The van der Waals surface area contributed by atoms with Gasteiger partial charge in [-0.2, -0.15) is 0 Å². The minimum Gasteiger partial charge on any atom is -0.345 e. The van der Waals surface area contributed by atoms with Crippen molar-refractivity contribution in [3.05, 3.63) is 69.3 Å². The monoisotopic (exact) mass is 377 g/mol. The summed E-state index contributed by atoms with van der Waals surface area (Å²) in [6.45, 7) is 3.28. The van der Waals surface area contributed by atoms with E-state index in [2.05, 4.69) is 10.0 Å². The van der Waals surface area contributed by atoms with Crippen molar-refractivity contribution in [1.82, 2.24) is 5.32 Å². The van der Waals surface area contributed by atoms with E-state index in [-0.39, 0.29) is 11.3 Å². The Kier molecular flexibility index (Phi) is 5.61. The Morgan fingerprint density at radius 1 is 1.19 bits per heavy atom. The zero-order valence-corrected chi connectivity index (χ0v) is 15.3. The van der Waals surface area contributed by atoms with Gasteiger partial charge in [0, 0.05) is 11.3 Å². The Morgan fingerprint density at radius 3 is 2.46 bits per heavy atom. The molecule has 0 heterocycles. The van der Waals surface area contributed by atoms with Crippen molar-refractivity contribution in [2.45, 2.75) is 19.9 Å². The van der Waals surface area contributed by atoms with E-state index in [0.29, 0.717) is 16.8 Å². The van der Waals surface area contributed by atoms with E-state index in [1.54, 1.807) is 50.2 Å². The molecule has 2 aromatic carbocycles. The van der Waals surface area contributed by atoms with Gasteiger partial charge in [-0.3, -0.25) is 19.6 Å². The maximum atomic E-state index is 12.5. The predicted octanol–water partition coefficient (Wildman–Crippen LogP) is 2.77. The van der Waals surface area contributed by atoms with Crippen LogP contribution in [0, 0.1) is 17.0 Å². The van der Waals surface area contributed by atoms with Crippen molar-refractivity contribution in [2.24, 2.45) is 0 Å². The molecule has 0 fully saturated rings. The second kappa shape index (κ2) is 7.52. The van der Waals surface area contributed by atoms with Crippen LogP contribution in [0.4, 0.5) is 11.4 Å². The van der Waals surface area contributed by atoms with Crippen molar-refractivity contribution < 1.29 is 18.1 Å². The van der Waals surface area contributed by atoms with E-state index in [1.165, 1.54) is 6.07 Å². The SMILES string of the molecule is Cc1cccc(C(=O)N[C@@H](C)c2cccc(NS(C)(=O)=O)c2)c1[N+](=O)[O-]. The van der Waals surface area contributed by atoms with E-state index in [9.17, 15) is 23.3 Å². The second-order valence-electron chi connectivity index (χ2n) is 5.92. The topological polar surface area (TPSA) is 118 Å². The van der Waals surface area contributed by atoms with Gasteiger partial charge in [-0.05, 0) is 37.6 Å². The molecule has 2 rings (SSSR count). The number of aryl methyl sites for hydroxylation is 1. The summed E-state index contributed by atoms with van der Waals surface area (Å²) in [7, 11) is -3.42. The Labute approximate surface area is 151 Å². The van der Waals surface area contributed by atoms with Crippen molar-refractivity contribution in [1.29, 1.82) is 0 Å². The molecule has 1 amide bonds. The third-order valence-corrected chi connectivity index (χ3v) is 4.31. The molecule has 0 bridgehead atoms. The van der Waals surface area contributed by atoms with E-state index >= 15 is 0 Å². The fraction of sp³-hybridized carbons (Fsp3) is 0.235. The highest BCUT2D eigenvalue weighted by molar-refractivity contribution is 7.92. The number of rotatable bonds is 6. The number of hydrogen-bond donors (Lipinski definition) is 2. The molecule has 0 spiro atoms. The third-order valence-electron chi connectivity index (χ3n) is 3.70. The van der Waals surface area contributed by atoms with E-state index in [1.807, 2.05) is 0 Å². The first-order chi connectivity index (χ1) is 12.1. The number of benzene rings is 2. The van der Waals surface area contributed by atoms with Crippen LogP contribution in [0.25, 0.3) is 0 Å². The van der Waals surface area contributed by atoms with Crippen molar-refractivity contribution in [3.8, 4) is 0 Å². The fourth-order valence-electron chi connectivity index (χ4n) is 2.53. The Balaban J connectivity index is 2.24. The van der Waals surface area contributed by atoms with Gasteiger partial charge in [-0.1, -0.05) is 24.3 Å². The number of para-hydroxylation sites is 1. The molecule has 2 aromatic rings. The van der Waals surface area contributed by atoms with Crippen LogP contribution >= 0.6 is 0 Å². The Morgan fingerprint density at radius 2 is 1.85 bits per heavy atom. The standard InChI is InChI=1S/C17H19N3O5S/c1-11-6-4-9-15(16(11)20(22)23)17(21)18-12(2)13-7-5-8-14(10-13)19-26(3,24)25/h4-10,12,19H,1-3H3,(H,18,21)/t12-/m0/s1. The fourth-order valence-corrected chi connectivity index (χ4v) is 3.08. The third kappa shape index (κ3) is 4.79. The van der Waals surface area contributed by atoms with Crippen molar-refractivity contribution in [3.63, 3.8) is 0 Å². The lowest BCUT2D eigenvalue weighted by molar-refractivity contribution is -0.385. The quantitative estimate of drug-likeness (QED) is 0.593. The number of nitro groups is 1. The number of sulfonamides is 1. The molecule has 138 valence electrons. The van der Waals surface area contributed by atoms with Gasteiger partial charge in [0.15, 0.2) is 0 Å². The Bertz CT molecular complexity index is 957. The summed E-state index contributed by atoms with van der Waals surface area (Å²) >= 11 is 0. The lowest BCUT2D eigenvalue weighted by atomic mass is 10.0. The lowest BCUT2D eigenvalue weighted by Gasteiger charge is -2.16. The molecule has 8 nitrogen and oxygen atoms in total. The van der Waals surface area contributed by atoms with E-state index in [4.69, 9.17) is 0 Å². The molecule has 0 saturated carbocycles. The van der Waals surface area contributed by atoms with Gasteiger partial charge < -0.3 is 5.32 Å².